The summed E-state index contributed by atoms with van der Waals surface area (Å²) in [5.41, 5.74) is 1.30. The van der Waals surface area contributed by atoms with E-state index in [1.54, 1.807) is 17.7 Å². The summed E-state index contributed by atoms with van der Waals surface area (Å²) in [7, 11) is 1.74. The van der Waals surface area contributed by atoms with E-state index in [9.17, 15) is 4.79 Å². The van der Waals surface area contributed by atoms with Crippen molar-refractivity contribution in [3.8, 4) is 0 Å². The van der Waals surface area contributed by atoms with Crippen LogP contribution in [0, 0.1) is 0 Å². The van der Waals surface area contributed by atoms with Crippen molar-refractivity contribution in [1.82, 2.24) is 19.7 Å². The molecule has 0 amide bonds. The van der Waals surface area contributed by atoms with E-state index in [4.69, 9.17) is 5.11 Å². The zero-order valence-corrected chi connectivity index (χ0v) is 8.01. The summed E-state index contributed by atoms with van der Waals surface area (Å²) in [6.45, 7) is -0.176. The van der Waals surface area contributed by atoms with E-state index in [-0.39, 0.29) is 6.54 Å². The van der Waals surface area contributed by atoms with Gasteiger partial charge < -0.3 is 10.4 Å². The molecule has 0 radical (unpaired) electrons. The first kappa shape index (κ1) is 9.38. The predicted octanol–water partition coefficient (Wildman–Crippen LogP) is -0.140. The van der Waals surface area contributed by atoms with Crippen LogP contribution in [0.3, 0.4) is 0 Å². The van der Waals surface area contributed by atoms with E-state index in [0.717, 1.165) is 0 Å². The van der Waals surface area contributed by atoms with Crippen molar-refractivity contribution >= 4 is 23.1 Å². The number of carboxylic acids is 1. The Hall–Kier alpha value is -2.18. The maximum absolute atomic E-state index is 10.4. The number of carbonyl (C=O) groups is 1. The highest BCUT2D eigenvalue weighted by Crippen LogP contribution is 2.13. The predicted molar refractivity (Wildman–Crippen MR) is 52.4 cm³/mol. The van der Waals surface area contributed by atoms with Crippen LogP contribution < -0.4 is 5.32 Å². The van der Waals surface area contributed by atoms with Gasteiger partial charge in [0.05, 0.1) is 6.20 Å². The number of aryl methyl sites for hydroxylation is 1. The van der Waals surface area contributed by atoms with Crippen LogP contribution in [-0.4, -0.2) is 37.4 Å². The molecular formula is C8H9N5O2. The molecular weight excluding hydrogens is 198 g/mol. The number of nitrogens with zero attached hydrogens (tertiary/aromatic N) is 4. The fourth-order valence-corrected chi connectivity index (χ4v) is 1.25. The zero-order chi connectivity index (χ0) is 10.8. The molecule has 15 heavy (non-hydrogen) atoms. The van der Waals surface area contributed by atoms with Gasteiger partial charge in [-0.25, -0.2) is 4.98 Å². The van der Waals surface area contributed by atoms with Gasteiger partial charge in [-0.1, -0.05) is 0 Å². The fourth-order valence-electron chi connectivity index (χ4n) is 1.25. The van der Waals surface area contributed by atoms with Crippen molar-refractivity contribution in [3.63, 3.8) is 0 Å². The highest BCUT2D eigenvalue weighted by molar-refractivity contribution is 5.76. The van der Waals surface area contributed by atoms with Crippen LogP contribution in [0.1, 0.15) is 0 Å². The average molecular weight is 207 g/mol. The van der Waals surface area contributed by atoms with Crippen molar-refractivity contribution in [2.45, 2.75) is 0 Å². The molecule has 0 atom stereocenters. The van der Waals surface area contributed by atoms with Crippen LogP contribution in [0.15, 0.2) is 12.3 Å². The molecule has 0 saturated carbocycles. The number of aromatic nitrogens is 4. The molecule has 0 bridgehead atoms. The highest BCUT2D eigenvalue weighted by Gasteiger charge is 2.08. The first-order valence-electron chi connectivity index (χ1n) is 4.28. The molecule has 2 heterocycles. The van der Waals surface area contributed by atoms with Gasteiger partial charge >= 0.3 is 5.97 Å². The van der Waals surface area contributed by atoms with Gasteiger partial charge in [0.2, 0.25) is 5.95 Å². The smallest absolute Gasteiger partial charge is 0.322 e. The molecule has 2 rings (SSSR count). The lowest BCUT2D eigenvalue weighted by atomic mass is 10.5. The minimum Gasteiger partial charge on any atom is -0.480 e. The van der Waals surface area contributed by atoms with Gasteiger partial charge in [0, 0.05) is 7.05 Å². The Morgan fingerprint density at radius 2 is 2.47 bits per heavy atom. The van der Waals surface area contributed by atoms with Gasteiger partial charge in [-0.05, 0) is 6.07 Å². The van der Waals surface area contributed by atoms with Gasteiger partial charge in [-0.2, -0.15) is 5.10 Å². The van der Waals surface area contributed by atoms with E-state index in [0.29, 0.717) is 17.1 Å². The molecule has 2 N–H and O–H groups in total. The van der Waals surface area contributed by atoms with Gasteiger partial charge in [0.15, 0.2) is 5.65 Å². The average Bonchev–Trinajstić information content (AvgIpc) is 2.54. The molecule has 0 aliphatic carbocycles. The molecule has 7 heteroatoms. The van der Waals surface area contributed by atoms with Crippen molar-refractivity contribution in [3.05, 3.63) is 12.3 Å². The van der Waals surface area contributed by atoms with Crippen LogP contribution in [0.25, 0.3) is 11.2 Å². The van der Waals surface area contributed by atoms with Crippen molar-refractivity contribution in [2.75, 3.05) is 11.9 Å². The second-order valence-corrected chi connectivity index (χ2v) is 2.98. The van der Waals surface area contributed by atoms with E-state index in [1.807, 2.05) is 0 Å². The van der Waals surface area contributed by atoms with Crippen molar-refractivity contribution in [1.29, 1.82) is 0 Å². The lowest BCUT2D eigenvalue weighted by Crippen LogP contribution is -2.14. The Kier molecular flexibility index (Phi) is 2.20. The number of aliphatic carboxylic acids is 1. The standard InChI is InChI=1S/C8H9N5O2/c1-13-7-5(2-3-10-12-7)11-8(13)9-4-6(14)15/h2-3H,4H2,1H3,(H,9,11)(H,14,15). The third-order valence-corrected chi connectivity index (χ3v) is 1.94. The lowest BCUT2D eigenvalue weighted by Gasteiger charge is -2.01. The Morgan fingerprint density at radius 1 is 1.67 bits per heavy atom. The summed E-state index contributed by atoms with van der Waals surface area (Å²) in [5.74, 6) is -0.471. The summed E-state index contributed by atoms with van der Waals surface area (Å²) >= 11 is 0. The number of rotatable bonds is 3. The van der Waals surface area contributed by atoms with Crippen LogP contribution in [-0.2, 0) is 11.8 Å². The summed E-state index contributed by atoms with van der Waals surface area (Å²) in [4.78, 5) is 14.5. The normalized spacial score (nSPS) is 10.5. The molecule has 0 fully saturated rings. The van der Waals surface area contributed by atoms with E-state index >= 15 is 0 Å². The van der Waals surface area contributed by atoms with E-state index in [2.05, 4.69) is 20.5 Å². The maximum atomic E-state index is 10.4. The maximum Gasteiger partial charge on any atom is 0.322 e. The molecule has 2 aromatic heterocycles. The first-order chi connectivity index (χ1) is 7.18. The molecule has 78 valence electrons. The molecule has 0 aliphatic heterocycles. The minimum atomic E-state index is -0.937. The van der Waals surface area contributed by atoms with Crippen LogP contribution in [0.2, 0.25) is 0 Å². The van der Waals surface area contributed by atoms with Crippen LogP contribution >= 0.6 is 0 Å². The molecule has 0 unspecified atom stereocenters. The summed E-state index contributed by atoms with van der Waals surface area (Å²) in [6, 6.07) is 1.72. The van der Waals surface area contributed by atoms with Crippen LogP contribution in [0.4, 0.5) is 5.95 Å². The molecule has 7 nitrogen and oxygen atoms in total. The van der Waals surface area contributed by atoms with Crippen molar-refractivity contribution in [2.24, 2.45) is 7.05 Å². The van der Waals surface area contributed by atoms with Gasteiger partial charge in [0.1, 0.15) is 12.1 Å². The van der Waals surface area contributed by atoms with E-state index in [1.165, 1.54) is 6.20 Å². The fraction of sp³-hybridized carbons (Fsp3) is 0.250. The number of anilines is 1. The molecule has 2 aromatic rings. The number of nitrogens with one attached hydrogen (secondary N) is 1. The number of hydrogen-bond acceptors (Lipinski definition) is 5. The number of fused-ring (bicyclic) bond motifs is 1. The second-order valence-electron chi connectivity index (χ2n) is 2.98. The molecule has 0 saturated heterocycles. The largest absolute Gasteiger partial charge is 0.480 e. The summed E-state index contributed by atoms with van der Waals surface area (Å²) in [5, 5.41) is 18.8. The number of imidazole rings is 1. The Balaban J connectivity index is 2.36. The Morgan fingerprint density at radius 3 is 3.13 bits per heavy atom. The van der Waals surface area contributed by atoms with Gasteiger partial charge in [-0.3, -0.25) is 9.36 Å². The third kappa shape index (κ3) is 1.71. The topological polar surface area (TPSA) is 92.9 Å². The second kappa shape index (κ2) is 3.52. The van der Waals surface area contributed by atoms with Crippen LogP contribution in [0.5, 0.6) is 0 Å². The van der Waals surface area contributed by atoms with E-state index < -0.39 is 5.97 Å². The highest BCUT2D eigenvalue weighted by atomic mass is 16.4. The zero-order valence-electron chi connectivity index (χ0n) is 8.01. The van der Waals surface area contributed by atoms with Gasteiger partial charge in [-0.15, -0.1) is 5.10 Å². The van der Waals surface area contributed by atoms with Gasteiger partial charge in [0.25, 0.3) is 0 Å². The summed E-state index contributed by atoms with van der Waals surface area (Å²) < 4.78 is 1.66. The lowest BCUT2D eigenvalue weighted by molar-refractivity contribution is -0.134. The molecule has 0 aromatic carbocycles. The Labute approximate surface area is 84.8 Å². The number of hydrogen-bond donors (Lipinski definition) is 2. The minimum absolute atomic E-state index is 0.176. The summed E-state index contributed by atoms with van der Waals surface area (Å²) in [6.07, 6.45) is 1.54. The first-order valence-corrected chi connectivity index (χ1v) is 4.28. The Bertz CT molecular complexity index is 507. The molecule has 0 aliphatic rings. The third-order valence-electron chi connectivity index (χ3n) is 1.94. The van der Waals surface area contributed by atoms with Crippen molar-refractivity contribution < 1.29 is 9.90 Å². The SMILES string of the molecule is Cn1c(NCC(=O)O)nc2ccnnc21. The quantitative estimate of drug-likeness (QED) is 0.727. The number of carboxylic acid groups (broad SMARTS) is 1. The molecule has 0 spiro atoms. The monoisotopic (exact) mass is 207 g/mol.